The Balaban J connectivity index is 1.54. The molecule has 2 aromatic heterocycles. The van der Waals surface area contributed by atoms with E-state index in [-0.39, 0.29) is 24.7 Å². The lowest BCUT2D eigenvalue weighted by Crippen LogP contribution is -2.39. The number of aromatic hydroxyl groups is 1. The second-order valence-electron chi connectivity index (χ2n) is 10.3. The van der Waals surface area contributed by atoms with Gasteiger partial charge in [0, 0.05) is 31.5 Å². The molecule has 2 atom stereocenters. The molecule has 8 nitrogen and oxygen atoms in total. The third-order valence-electron chi connectivity index (χ3n) is 7.54. The van der Waals surface area contributed by atoms with Crippen LogP contribution in [0.3, 0.4) is 0 Å². The van der Waals surface area contributed by atoms with Crippen molar-refractivity contribution in [3.05, 3.63) is 86.7 Å². The van der Waals surface area contributed by atoms with Gasteiger partial charge < -0.3 is 10.0 Å². The molecule has 1 saturated carbocycles. The van der Waals surface area contributed by atoms with Crippen molar-refractivity contribution in [1.29, 1.82) is 5.26 Å². The normalized spacial score (nSPS) is 17.7. The van der Waals surface area contributed by atoms with Crippen LogP contribution in [-0.4, -0.2) is 43.5 Å². The van der Waals surface area contributed by atoms with Crippen LogP contribution in [0.2, 0.25) is 0 Å². The minimum Gasteiger partial charge on any atom is -0.493 e. The molecule has 1 N–H and O–H groups in total. The van der Waals surface area contributed by atoms with Gasteiger partial charge in [0.2, 0.25) is 5.88 Å². The summed E-state index contributed by atoms with van der Waals surface area (Å²) in [4.78, 5) is 37.3. The first-order chi connectivity index (χ1) is 18.8. The van der Waals surface area contributed by atoms with Crippen molar-refractivity contribution >= 4 is 5.91 Å². The summed E-state index contributed by atoms with van der Waals surface area (Å²) in [6, 6.07) is 9.55. The number of carbonyl (C=O) groups excluding carboxylic acids is 1. The molecular weight excluding hydrogens is 504 g/mol. The molecule has 0 radical (unpaired) electrons. The van der Waals surface area contributed by atoms with Crippen molar-refractivity contribution in [1.82, 2.24) is 19.4 Å². The lowest BCUT2D eigenvalue weighted by atomic mass is 9.99. The molecule has 0 spiro atoms. The molecule has 3 aromatic rings. The van der Waals surface area contributed by atoms with Crippen LogP contribution in [0.25, 0.3) is 0 Å². The van der Waals surface area contributed by atoms with Gasteiger partial charge in [0.15, 0.2) is 5.56 Å². The second kappa shape index (κ2) is 10.9. The first-order valence-corrected chi connectivity index (χ1v) is 13.3. The number of nitrogens with zero attached hydrogens (tertiary/aromatic N) is 5. The molecular formula is C29H29F2N5O3. The highest BCUT2D eigenvalue weighted by Gasteiger charge is 2.39. The lowest BCUT2D eigenvalue weighted by molar-refractivity contribution is 0.0783. The Labute approximate surface area is 224 Å². The van der Waals surface area contributed by atoms with Crippen molar-refractivity contribution in [2.24, 2.45) is 5.92 Å². The predicted octanol–water partition coefficient (Wildman–Crippen LogP) is 4.47. The van der Waals surface area contributed by atoms with E-state index in [9.17, 15) is 28.7 Å². The number of benzene rings is 1. The molecule has 1 amide bonds. The van der Waals surface area contributed by atoms with Gasteiger partial charge in [-0.15, -0.1) is 0 Å². The number of aromatic nitrogens is 3. The molecule has 1 unspecified atom stereocenters. The zero-order chi connectivity index (χ0) is 27.7. The Bertz CT molecular complexity index is 1510. The van der Waals surface area contributed by atoms with Gasteiger partial charge in [-0.2, -0.15) is 10.2 Å². The Morgan fingerprint density at radius 1 is 1.26 bits per heavy atom. The number of aryl methyl sites for hydroxylation is 1. The van der Waals surface area contributed by atoms with Gasteiger partial charge in [0.25, 0.3) is 11.5 Å². The molecule has 2 fully saturated rings. The highest BCUT2D eigenvalue weighted by Crippen LogP contribution is 2.44. The highest BCUT2D eigenvalue weighted by atomic mass is 19.1. The van der Waals surface area contributed by atoms with Crippen molar-refractivity contribution in [2.75, 3.05) is 13.1 Å². The average molecular weight is 534 g/mol. The standard InChI is InChI=1S/C29H29F2N5O3/c1-2-3-7-23-34-27(37)24(28(38)35-11-10-20(16-35)25-22(31)13-21(30)15-33-25)29(39)36(23)26(18-8-9-18)19-6-4-5-17(12-19)14-32/h4-6,12-13,15,18,20,26,37H,2-3,7-11,16H2,1H3/t20-,26?/m0/s1. The molecule has 0 bridgehead atoms. The summed E-state index contributed by atoms with van der Waals surface area (Å²) in [5, 5.41) is 20.3. The molecule has 1 saturated heterocycles. The summed E-state index contributed by atoms with van der Waals surface area (Å²) in [7, 11) is 0. The van der Waals surface area contributed by atoms with E-state index in [2.05, 4.69) is 16.0 Å². The molecule has 2 aliphatic rings. The smallest absolute Gasteiger partial charge is 0.270 e. The van der Waals surface area contributed by atoms with Crippen LogP contribution in [0.1, 0.15) is 84.0 Å². The van der Waals surface area contributed by atoms with Gasteiger partial charge in [-0.3, -0.25) is 19.1 Å². The summed E-state index contributed by atoms with van der Waals surface area (Å²) >= 11 is 0. The summed E-state index contributed by atoms with van der Waals surface area (Å²) < 4.78 is 29.2. The van der Waals surface area contributed by atoms with E-state index in [4.69, 9.17) is 0 Å². The van der Waals surface area contributed by atoms with Crippen LogP contribution in [0.5, 0.6) is 5.88 Å². The van der Waals surface area contributed by atoms with Crippen LogP contribution < -0.4 is 5.56 Å². The van der Waals surface area contributed by atoms with E-state index >= 15 is 0 Å². The van der Waals surface area contributed by atoms with E-state index in [1.807, 2.05) is 13.0 Å². The maximum absolute atomic E-state index is 14.3. The number of pyridine rings is 1. The minimum atomic E-state index is -0.785. The monoisotopic (exact) mass is 533 g/mol. The van der Waals surface area contributed by atoms with Crippen molar-refractivity contribution in [3.8, 4) is 11.9 Å². The SMILES string of the molecule is CCCCc1nc(O)c(C(=O)N2CC[C@H](c3ncc(F)cc3F)C2)c(=O)n1C(c1cccc(C#N)c1)C1CC1. The van der Waals surface area contributed by atoms with Crippen LogP contribution in [0, 0.1) is 28.9 Å². The minimum absolute atomic E-state index is 0.0625. The number of carbonyl (C=O) groups is 1. The third-order valence-corrected chi connectivity index (χ3v) is 7.54. The van der Waals surface area contributed by atoms with Gasteiger partial charge in [0.1, 0.15) is 17.5 Å². The van der Waals surface area contributed by atoms with E-state index in [0.29, 0.717) is 24.2 Å². The molecule has 1 aliphatic carbocycles. The highest BCUT2D eigenvalue weighted by molar-refractivity contribution is 5.96. The Kier molecular flexibility index (Phi) is 7.42. The molecule has 3 heterocycles. The number of halogens is 2. The van der Waals surface area contributed by atoms with Crippen LogP contribution in [0.15, 0.2) is 41.3 Å². The summed E-state index contributed by atoms with van der Waals surface area (Å²) in [5.41, 5.74) is 0.251. The van der Waals surface area contributed by atoms with Gasteiger partial charge in [-0.1, -0.05) is 25.5 Å². The number of nitriles is 1. The fourth-order valence-electron chi connectivity index (χ4n) is 5.44. The first-order valence-electron chi connectivity index (χ1n) is 13.3. The van der Waals surface area contributed by atoms with Crippen LogP contribution in [0.4, 0.5) is 8.78 Å². The lowest BCUT2D eigenvalue weighted by Gasteiger charge is -2.25. The molecule has 202 valence electrons. The largest absolute Gasteiger partial charge is 0.493 e. The van der Waals surface area contributed by atoms with Gasteiger partial charge in [0.05, 0.1) is 29.6 Å². The zero-order valence-electron chi connectivity index (χ0n) is 21.6. The van der Waals surface area contributed by atoms with Gasteiger partial charge >= 0.3 is 0 Å². The van der Waals surface area contributed by atoms with Crippen molar-refractivity contribution < 1.29 is 18.7 Å². The van der Waals surface area contributed by atoms with Crippen LogP contribution in [-0.2, 0) is 6.42 Å². The van der Waals surface area contributed by atoms with E-state index < -0.39 is 46.5 Å². The van der Waals surface area contributed by atoms with Gasteiger partial charge in [-0.05, 0) is 49.3 Å². The molecule has 39 heavy (non-hydrogen) atoms. The van der Waals surface area contributed by atoms with E-state index in [1.165, 1.54) is 9.47 Å². The predicted molar refractivity (Wildman–Crippen MR) is 138 cm³/mol. The molecule has 1 aliphatic heterocycles. The zero-order valence-corrected chi connectivity index (χ0v) is 21.6. The van der Waals surface area contributed by atoms with Crippen LogP contribution >= 0.6 is 0 Å². The fourth-order valence-corrected chi connectivity index (χ4v) is 5.44. The fraction of sp³-hybridized carbons (Fsp3) is 0.414. The summed E-state index contributed by atoms with van der Waals surface area (Å²) in [6.45, 7) is 2.30. The number of likely N-dealkylation sites (tertiary alicyclic amines) is 1. The Morgan fingerprint density at radius 3 is 2.74 bits per heavy atom. The molecule has 1 aromatic carbocycles. The van der Waals surface area contributed by atoms with E-state index in [0.717, 1.165) is 43.5 Å². The third kappa shape index (κ3) is 5.26. The maximum atomic E-state index is 14.3. The number of rotatable bonds is 8. The number of hydrogen-bond acceptors (Lipinski definition) is 6. The molecule has 10 heteroatoms. The number of amides is 1. The quantitative estimate of drug-likeness (QED) is 0.457. The Hall–Kier alpha value is -4.13. The summed E-state index contributed by atoms with van der Waals surface area (Å²) in [6.07, 6.45) is 5.10. The van der Waals surface area contributed by atoms with Crippen molar-refractivity contribution in [2.45, 2.75) is 57.4 Å². The first kappa shape index (κ1) is 26.5. The van der Waals surface area contributed by atoms with E-state index in [1.54, 1.807) is 18.2 Å². The summed E-state index contributed by atoms with van der Waals surface area (Å²) in [5.74, 6) is -2.82. The average Bonchev–Trinajstić information content (AvgIpc) is 3.64. The maximum Gasteiger partial charge on any atom is 0.270 e. The van der Waals surface area contributed by atoms with Gasteiger partial charge in [-0.25, -0.2) is 8.78 Å². The van der Waals surface area contributed by atoms with Crippen molar-refractivity contribution in [3.63, 3.8) is 0 Å². The number of unbranched alkanes of at least 4 members (excludes halogenated alkanes) is 1. The molecule has 5 rings (SSSR count). The topological polar surface area (TPSA) is 112 Å². The second-order valence-corrected chi connectivity index (χ2v) is 10.3. The number of hydrogen-bond donors (Lipinski definition) is 1. The Morgan fingerprint density at radius 2 is 2.05 bits per heavy atom.